The summed E-state index contributed by atoms with van der Waals surface area (Å²) in [5.74, 6) is -0.636. The highest BCUT2D eigenvalue weighted by molar-refractivity contribution is 5.96. The summed E-state index contributed by atoms with van der Waals surface area (Å²) in [7, 11) is 0. The van der Waals surface area contributed by atoms with Crippen LogP contribution in [0.5, 0.6) is 0 Å². The van der Waals surface area contributed by atoms with E-state index in [1.165, 1.54) is 13.8 Å². The molecule has 1 unspecified atom stereocenters. The van der Waals surface area contributed by atoms with Gasteiger partial charge in [-0.1, -0.05) is 0 Å². The van der Waals surface area contributed by atoms with E-state index in [0.717, 1.165) is 17.4 Å². The number of nitrogens with one attached hydrogen (secondary N) is 1. The molecule has 2 N–H and O–H groups in total. The highest BCUT2D eigenvalue weighted by atomic mass is 16.3. The fourth-order valence-corrected chi connectivity index (χ4v) is 2.32. The van der Waals surface area contributed by atoms with Gasteiger partial charge in [0.25, 0.3) is 5.91 Å². The zero-order valence-corrected chi connectivity index (χ0v) is 11.4. The Hall–Kier alpha value is -2.19. The van der Waals surface area contributed by atoms with Crippen molar-refractivity contribution in [1.29, 1.82) is 5.26 Å². The van der Waals surface area contributed by atoms with Crippen molar-refractivity contribution in [3.63, 3.8) is 0 Å². The molecule has 0 aromatic heterocycles. The highest BCUT2D eigenvalue weighted by Gasteiger charge is 2.27. The van der Waals surface area contributed by atoms with Crippen LogP contribution in [-0.4, -0.2) is 22.9 Å². The zero-order valence-electron chi connectivity index (χ0n) is 11.4. The van der Waals surface area contributed by atoms with Gasteiger partial charge < -0.3 is 15.2 Å². The van der Waals surface area contributed by atoms with E-state index in [0.29, 0.717) is 24.1 Å². The first kappa shape index (κ1) is 14.2. The van der Waals surface area contributed by atoms with Crippen LogP contribution in [-0.2, 0) is 22.4 Å². The minimum absolute atomic E-state index is 0.0997. The van der Waals surface area contributed by atoms with Gasteiger partial charge in [0.2, 0.25) is 0 Å². The van der Waals surface area contributed by atoms with Crippen molar-refractivity contribution in [2.75, 3.05) is 5.32 Å². The first-order valence-electron chi connectivity index (χ1n) is 6.40. The molecular weight excluding hydrogens is 256 g/mol. The molecule has 0 fully saturated rings. The summed E-state index contributed by atoms with van der Waals surface area (Å²) in [6, 6.07) is 5.44. The molecule has 0 heterocycles. The van der Waals surface area contributed by atoms with E-state index in [1.807, 2.05) is 0 Å². The topological polar surface area (TPSA) is 90.2 Å². The lowest BCUT2D eigenvalue weighted by Crippen LogP contribution is -2.36. The Morgan fingerprint density at radius 3 is 2.75 bits per heavy atom. The Bertz CT molecular complexity index is 609. The van der Waals surface area contributed by atoms with Crippen molar-refractivity contribution in [3.05, 3.63) is 28.8 Å². The molecule has 0 spiro atoms. The lowest BCUT2D eigenvalue weighted by molar-refractivity contribution is -0.130. The van der Waals surface area contributed by atoms with Crippen molar-refractivity contribution in [2.24, 2.45) is 5.92 Å². The average Bonchev–Trinajstić information content (AvgIpc) is 2.79. The number of hydrogen-bond acceptors (Lipinski definition) is 4. The summed E-state index contributed by atoms with van der Waals surface area (Å²) in [5, 5.41) is 21.4. The second-order valence-electron chi connectivity index (χ2n) is 5.59. The SMILES string of the molecule is CC(C)(O)C(=O)Nc1cc(C#N)c2c(c1)CC(C=O)C2. The number of benzene rings is 1. The second kappa shape index (κ2) is 5.06. The fourth-order valence-electron chi connectivity index (χ4n) is 2.32. The summed E-state index contributed by atoms with van der Waals surface area (Å²) in [6.45, 7) is 2.78. The first-order chi connectivity index (χ1) is 9.35. The molecule has 104 valence electrons. The number of nitriles is 1. The van der Waals surface area contributed by atoms with E-state index in [9.17, 15) is 20.0 Å². The monoisotopic (exact) mass is 272 g/mol. The maximum absolute atomic E-state index is 11.8. The van der Waals surface area contributed by atoms with Gasteiger partial charge in [-0.25, -0.2) is 0 Å². The van der Waals surface area contributed by atoms with Gasteiger partial charge in [0.05, 0.1) is 11.6 Å². The number of aldehydes is 1. The fraction of sp³-hybridized carbons (Fsp3) is 0.400. The Balaban J connectivity index is 2.33. The standard InChI is InChI=1S/C15H16N2O3/c1-15(2,20)14(19)17-12-5-10-3-9(8-18)4-13(10)11(6-12)7-16/h5-6,8-9,20H,3-4H2,1-2H3,(H,17,19). The van der Waals surface area contributed by atoms with Crippen LogP contribution in [0.15, 0.2) is 12.1 Å². The quantitative estimate of drug-likeness (QED) is 0.808. The van der Waals surface area contributed by atoms with Crippen LogP contribution in [0.4, 0.5) is 5.69 Å². The number of carbonyl (C=O) groups is 2. The number of rotatable bonds is 3. The number of aliphatic hydroxyl groups is 1. The lowest BCUT2D eigenvalue weighted by Gasteiger charge is -2.17. The second-order valence-corrected chi connectivity index (χ2v) is 5.59. The van der Waals surface area contributed by atoms with Gasteiger partial charge in [-0.2, -0.15) is 5.26 Å². The van der Waals surface area contributed by atoms with E-state index in [1.54, 1.807) is 12.1 Å². The predicted molar refractivity (Wildman–Crippen MR) is 73.0 cm³/mol. The summed E-state index contributed by atoms with van der Waals surface area (Å²) >= 11 is 0. The van der Waals surface area contributed by atoms with Gasteiger partial charge in [-0.05, 0) is 49.9 Å². The van der Waals surface area contributed by atoms with Crippen molar-refractivity contribution in [1.82, 2.24) is 0 Å². The molecule has 0 aliphatic heterocycles. The largest absolute Gasteiger partial charge is 0.381 e. The molecule has 0 radical (unpaired) electrons. The maximum atomic E-state index is 11.8. The Morgan fingerprint density at radius 2 is 2.20 bits per heavy atom. The first-order valence-corrected chi connectivity index (χ1v) is 6.40. The third-order valence-electron chi connectivity index (χ3n) is 3.42. The van der Waals surface area contributed by atoms with E-state index >= 15 is 0 Å². The van der Waals surface area contributed by atoms with Crippen LogP contribution in [0.25, 0.3) is 0 Å². The van der Waals surface area contributed by atoms with E-state index < -0.39 is 11.5 Å². The summed E-state index contributed by atoms with van der Waals surface area (Å²) < 4.78 is 0. The smallest absolute Gasteiger partial charge is 0.255 e. The molecule has 1 aromatic carbocycles. The predicted octanol–water partition coefficient (Wildman–Crippen LogP) is 1.18. The number of hydrogen-bond donors (Lipinski definition) is 2. The highest BCUT2D eigenvalue weighted by Crippen LogP contribution is 2.31. The van der Waals surface area contributed by atoms with Crippen molar-refractivity contribution >= 4 is 17.9 Å². The van der Waals surface area contributed by atoms with Crippen molar-refractivity contribution in [3.8, 4) is 6.07 Å². The molecule has 2 rings (SSSR count). The molecule has 5 heteroatoms. The molecule has 20 heavy (non-hydrogen) atoms. The van der Waals surface area contributed by atoms with Gasteiger partial charge in [0.15, 0.2) is 0 Å². The normalized spacial score (nSPS) is 17.2. The Morgan fingerprint density at radius 1 is 1.50 bits per heavy atom. The molecular formula is C15H16N2O3. The van der Waals surface area contributed by atoms with Crippen LogP contribution in [0.1, 0.15) is 30.5 Å². The number of amides is 1. The zero-order chi connectivity index (χ0) is 14.9. The maximum Gasteiger partial charge on any atom is 0.255 e. The van der Waals surface area contributed by atoms with Crippen LogP contribution < -0.4 is 5.32 Å². The van der Waals surface area contributed by atoms with Crippen molar-refractivity contribution < 1.29 is 14.7 Å². The minimum atomic E-state index is -1.49. The van der Waals surface area contributed by atoms with Crippen LogP contribution in [0, 0.1) is 17.2 Å². The molecule has 0 saturated carbocycles. The molecule has 1 atom stereocenters. The number of anilines is 1. The van der Waals surface area contributed by atoms with Gasteiger partial charge >= 0.3 is 0 Å². The number of nitrogens with zero attached hydrogens (tertiary/aromatic N) is 1. The van der Waals surface area contributed by atoms with Gasteiger partial charge in [-0.3, -0.25) is 4.79 Å². The van der Waals surface area contributed by atoms with E-state index in [4.69, 9.17) is 0 Å². The minimum Gasteiger partial charge on any atom is -0.381 e. The third-order valence-corrected chi connectivity index (χ3v) is 3.42. The average molecular weight is 272 g/mol. The van der Waals surface area contributed by atoms with Crippen LogP contribution >= 0.6 is 0 Å². The molecule has 1 amide bonds. The molecule has 0 saturated heterocycles. The lowest BCUT2D eigenvalue weighted by atomic mass is 10.0. The molecule has 5 nitrogen and oxygen atoms in total. The van der Waals surface area contributed by atoms with Gasteiger partial charge in [0, 0.05) is 11.6 Å². The van der Waals surface area contributed by atoms with E-state index in [-0.39, 0.29) is 5.92 Å². The van der Waals surface area contributed by atoms with Crippen molar-refractivity contribution in [2.45, 2.75) is 32.3 Å². The Kier molecular flexibility index (Phi) is 3.60. The molecule has 1 aliphatic carbocycles. The summed E-state index contributed by atoms with van der Waals surface area (Å²) in [6.07, 6.45) is 2.05. The van der Waals surface area contributed by atoms with Crippen LogP contribution in [0.2, 0.25) is 0 Å². The third kappa shape index (κ3) is 2.70. The van der Waals surface area contributed by atoms with Gasteiger partial charge in [-0.15, -0.1) is 0 Å². The number of fused-ring (bicyclic) bond motifs is 1. The van der Waals surface area contributed by atoms with E-state index in [2.05, 4.69) is 11.4 Å². The molecule has 1 aromatic rings. The molecule has 0 bridgehead atoms. The number of carbonyl (C=O) groups excluding carboxylic acids is 2. The summed E-state index contributed by atoms with van der Waals surface area (Å²) in [5.41, 5.74) is 1.24. The van der Waals surface area contributed by atoms with Gasteiger partial charge in [0.1, 0.15) is 11.9 Å². The summed E-state index contributed by atoms with van der Waals surface area (Å²) in [4.78, 5) is 22.6. The van der Waals surface area contributed by atoms with Crippen LogP contribution in [0.3, 0.4) is 0 Å². The molecule has 1 aliphatic rings. The Labute approximate surface area is 117 Å².